The Balaban J connectivity index is 3.33. The smallest absolute Gasteiger partial charge is 0.207 e. The van der Waals surface area contributed by atoms with Gasteiger partial charge in [0.15, 0.2) is 0 Å². The van der Waals surface area contributed by atoms with Crippen molar-refractivity contribution in [3.8, 4) is 12.1 Å². The van der Waals surface area contributed by atoms with Crippen LogP contribution < -0.4 is 0 Å². The van der Waals surface area contributed by atoms with Crippen LogP contribution in [0.25, 0.3) is 0 Å². The highest BCUT2D eigenvalue weighted by Crippen LogP contribution is 2.21. The molecule has 0 atom stereocenters. The Bertz CT molecular complexity index is 639. The van der Waals surface area contributed by atoms with Gasteiger partial charge in [0.25, 0.3) is 0 Å². The van der Waals surface area contributed by atoms with Crippen LogP contribution in [0.4, 0.5) is 0 Å². The number of hydrogen-bond acceptors (Lipinski definition) is 4. The summed E-state index contributed by atoms with van der Waals surface area (Å²) in [5, 5.41) is 17.6. The molecule has 0 saturated heterocycles. The van der Waals surface area contributed by atoms with Gasteiger partial charge in [0.05, 0.1) is 22.6 Å². The topological polar surface area (TPSA) is 85.0 Å². The van der Waals surface area contributed by atoms with Crippen molar-refractivity contribution >= 4 is 10.0 Å². The van der Waals surface area contributed by atoms with Crippen LogP contribution >= 0.6 is 0 Å². The number of benzene rings is 1. The van der Waals surface area contributed by atoms with Gasteiger partial charge in [0.1, 0.15) is 6.54 Å². The molecule has 100 valence electrons. The van der Waals surface area contributed by atoms with Crippen molar-refractivity contribution in [3.05, 3.63) is 29.3 Å². The third-order valence-electron chi connectivity index (χ3n) is 2.66. The first-order valence-electron chi connectivity index (χ1n) is 5.85. The minimum Gasteiger partial charge on any atom is -0.207 e. The number of rotatable bonds is 5. The van der Waals surface area contributed by atoms with Gasteiger partial charge in [-0.15, -0.1) is 0 Å². The summed E-state index contributed by atoms with van der Waals surface area (Å²) in [5.74, 6) is 0. The summed E-state index contributed by atoms with van der Waals surface area (Å²) in [4.78, 5) is 0.0928. The number of sulfonamides is 1. The maximum absolute atomic E-state index is 12.5. The molecule has 19 heavy (non-hydrogen) atoms. The molecule has 0 spiro atoms. The molecule has 0 N–H and O–H groups in total. The van der Waals surface area contributed by atoms with Gasteiger partial charge in [0.2, 0.25) is 10.0 Å². The molecule has 0 aliphatic carbocycles. The van der Waals surface area contributed by atoms with E-state index in [2.05, 4.69) is 0 Å². The highest BCUT2D eigenvalue weighted by molar-refractivity contribution is 7.89. The lowest BCUT2D eigenvalue weighted by atomic mass is 10.2. The van der Waals surface area contributed by atoms with E-state index in [-0.39, 0.29) is 23.5 Å². The van der Waals surface area contributed by atoms with E-state index in [1.807, 2.05) is 19.1 Å². The van der Waals surface area contributed by atoms with Crippen LogP contribution in [0.5, 0.6) is 0 Å². The molecule has 0 aliphatic rings. The van der Waals surface area contributed by atoms with Gasteiger partial charge in [-0.2, -0.15) is 14.8 Å². The molecule has 1 rings (SSSR count). The van der Waals surface area contributed by atoms with E-state index in [0.29, 0.717) is 12.0 Å². The third-order valence-corrected chi connectivity index (χ3v) is 4.64. The standard InChI is InChI=1S/C13H15N3O2S/c1-3-7-16(8-6-14)19(17,18)13-9-12(10-15)5-4-11(13)2/h4-5,9H,3,7-8H2,1-2H3. The zero-order chi connectivity index (χ0) is 14.5. The average Bonchev–Trinajstić information content (AvgIpc) is 2.39. The second kappa shape index (κ2) is 6.33. The summed E-state index contributed by atoms with van der Waals surface area (Å²) in [6.45, 7) is 3.61. The largest absolute Gasteiger partial charge is 0.244 e. The average molecular weight is 277 g/mol. The normalized spacial score (nSPS) is 11.0. The van der Waals surface area contributed by atoms with Crippen molar-refractivity contribution in [2.45, 2.75) is 25.2 Å². The molecule has 0 radical (unpaired) electrons. The van der Waals surface area contributed by atoms with Crippen molar-refractivity contribution in [2.24, 2.45) is 0 Å². The summed E-state index contributed by atoms with van der Waals surface area (Å²) in [6, 6.07) is 8.30. The Morgan fingerprint density at radius 1 is 1.32 bits per heavy atom. The minimum absolute atomic E-state index is 0.0928. The summed E-state index contributed by atoms with van der Waals surface area (Å²) in [6.07, 6.45) is 0.623. The summed E-state index contributed by atoms with van der Waals surface area (Å²) < 4.78 is 26.1. The molecule has 0 fully saturated rings. The van der Waals surface area contributed by atoms with E-state index in [4.69, 9.17) is 10.5 Å². The van der Waals surface area contributed by atoms with E-state index in [1.165, 1.54) is 6.07 Å². The van der Waals surface area contributed by atoms with Crippen LogP contribution in [0.2, 0.25) is 0 Å². The second-order valence-corrected chi connectivity index (χ2v) is 6.00. The van der Waals surface area contributed by atoms with Crippen LogP contribution in [-0.4, -0.2) is 25.8 Å². The second-order valence-electron chi connectivity index (χ2n) is 4.09. The van der Waals surface area contributed by atoms with Gasteiger partial charge in [0, 0.05) is 6.54 Å². The molecule has 0 amide bonds. The van der Waals surface area contributed by atoms with Crippen LogP contribution in [-0.2, 0) is 10.0 Å². The van der Waals surface area contributed by atoms with Crippen molar-refractivity contribution in [1.82, 2.24) is 4.31 Å². The van der Waals surface area contributed by atoms with Crippen molar-refractivity contribution in [3.63, 3.8) is 0 Å². The summed E-state index contributed by atoms with van der Waals surface area (Å²) in [7, 11) is -3.73. The van der Waals surface area contributed by atoms with Crippen molar-refractivity contribution < 1.29 is 8.42 Å². The molecule has 0 heterocycles. The fraction of sp³-hybridized carbons (Fsp3) is 0.385. The number of aryl methyl sites for hydroxylation is 1. The van der Waals surface area contributed by atoms with Gasteiger partial charge in [-0.25, -0.2) is 8.42 Å². The molecule has 1 aromatic rings. The molecule has 1 aromatic carbocycles. The van der Waals surface area contributed by atoms with E-state index >= 15 is 0 Å². The first kappa shape index (κ1) is 15.2. The lowest BCUT2D eigenvalue weighted by molar-refractivity contribution is 0.444. The van der Waals surface area contributed by atoms with Crippen LogP contribution in [0.1, 0.15) is 24.5 Å². The monoisotopic (exact) mass is 277 g/mol. The van der Waals surface area contributed by atoms with Gasteiger partial charge in [-0.1, -0.05) is 13.0 Å². The van der Waals surface area contributed by atoms with E-state index in [1.54, 1.807) is 19.1 Å². The summed E-state index contributed by atoms with van der Waals surface area (Å²) in [5.41, 5.74) is 0.857. The first-order chi connectivity index (χ1) is 8.97. The van der Waals surface area contributed by atoms with Crippen LogP contribution in [0.15, 0.2) is 23.1 Å². The van der Waals surface area contributed by atoms with Crippen molar-refractivity contribution in [2.75, 3.05) is 13.1 Å². The first-order valence-corrected chi connectivity index (χ1v) is 7.29. The van der Waals surface area contributed by atoms with E-state index in [9.17, 15) is 8.42 Å². The van der Waals surface area contributed by atoms with Crippen molar-refractivity contribution in [1.29, 1.82) is 10.5 Å². The molecule has 0 unspecified atom stereocenters. The highest BCUT2D eigenvalue weighted by atomic mass is 32.2. The highest BCUT2D eigenvalue weighted by Gasteiger charge is 2.25. The predicted octanol–water partition coefficient (Wildman–Crippen LogP) is 1.79. The lowest BCUT2D eigenvalue weighted by Gasteiger charge is -2.19. The number of nitrogens with zero attached hydrogens (tertiary/aromatic N) is 3. The van der Waals surface area contributed by atoms with Crippen LogP contribution in [0, 0.1) is 29.6 Å². The van der Waals surface area contributed by atoms with Gasteiger partial charge < -0.3 is 0 Å². The molecule has 0 aliphatic heterocycles. The van der Waals surface area contributed by atoms with E-state index in [0.717, 1.165) is 4.31 Å². The quantitative estimate of drug-likeness (QED) is 0.768. The van der Waals surface area contributed by atoms with Crippen LogP contribution in [0.3, 0.4) is 0 Å². The predicted molar refractivity (Wildman–Crippen MR) is 70.6 cm³/mol. The molecular formula is C13H15N3O2S. The minimum atomic E-state index is -3.73. The fourth-order valence-electron chi connectivity index (χ4n) is 1.70. The Labute approximate surface area is 113 Å². The molecule has 0 saturated carbocycles. The number of hydrogen-bond donors (Lipinski definition) is 0. The Morgan fingerprint density at radius 3 is 2.53 bits per heavy atom. The summed E-state index contributed by atoms with van der Waals surface area (Å²) >= 11 is 0. The molecule has 0 bridgehead atoms. The number of nitriles is 2. The Morgan fingerprint density at radius 2 is 2.00 bits per heavy atom. The third kappa shape index (κ3) is 3.31. The molecular weight excluding hydrogens is 262 g/mol. The maximum Gasteiger partial charge on any atom is 0.244 e. The Hall–Kier alpha value is -1.89. The zero-order valence-corrected chi connectivity index (χ0v) is 11.7. The molecule has 0 aromatic heterocycles. The zero-order valence-electron chi connectivity index (χ0n) is 10.9. The Kier molecular flexibility index (Phi) is 5.05. The van der Waals surface area contributed by atoms with E-state index < -0.39 is 10.0 Å². The van der Waals surface area contributed by atoms with Gasteiger partial charge in [-0.3, -0.25) is 0 Å². The van der Waals surface area contributed by atoms with Gasteiger partial charge >= 0.3 is 0 Å². The lowest BCUT2D eigenvalue weighted by Crippen LogP contribution is -2.32. The molecule has 5 nitrogen and oxygen atoms in total. The maximum atomic E-state index is 12.5. The fourth-order valence-corrected chi connectivity index (χ4v) is 3.38. The SMILES string of the molecule is CCCN(CC#N)S(=O)(=O)c1cc(C#N)ccc1C. The van der Waals surface area contributed by atoms with Gasteiger partial charge in [-0.05, 0) is 31.0 Å². The molecule has 6 heteroatoms.